The van der Waals surface area contributed by atoms with Crippen molar-refractivity contribution < 1.29 is 4.74 Å². The summed E-state index contributed by atoms with van der Waals surface area (Å²) in [4.78, 5) is 2.26. The molecule has 0 N–H and O–H groups in total. The second-order valence-electron chi connectivity index (χ2n) is 7.36. The van der Waals surface area contributed by atoms with Crippen molar-refractivity contribution in [1.29, 1.82) is 0 Å². The highest BCUT2D eigenvalue weighted by molar-refractivity contribution is 9.10. The SMILES string of the molecule is CN1Cc2cnn(COCC[Si](C)(C)C)c2-c2cccc(Br)c21. The average molecular weight is 394 g/mol. The fourth-order valence-corrected chi connectivity index (χ4v) is 4.33. The number of ether oxygens (including phenoxy) is 1. The summed E-state index contributed by atoms with van der Waals surface area (Å²) in [5, 5.41) is 4.56. The van der Waals surface area contributed by atoms with E-state index in [0.29, 0.717) is 6.73 Å². The molecule has 3 rings (SSSR count). The van der Waals surface area contributed by atoms with Crippen LogP contribution < -0.4 is 4.90 Å². The van der Waals surface area contributed by atoms with Gasteiger partial charge in [0.1, 0.15) is 6.73 Å². The Labute approximate surface area is 147 Å². The lowest BCUT2D eigenvalue weighted by atomic mass is 10.0. The molecule has 0 atom stereocenters. The van der Waals surface area contributed by atoms with Crippen LogP contribution in [0, 0.1) is 0 Å². The monoisotopic (exact) mass is 393 g/mol. The van der Waals surface area contributed by atoms with Crippen molar-refractivity contribution in [3.8, 4) is 11.3 Å². The third kappa shape index (κ3) is 3.54. The summed E-state index contributed by atoms with van der Waals surface area (Å²) < 4.78 is 9.02. The Kier molecular flexibility index (Phi) is 4.67. The normalized spacial score (nSPS) is 13.9. The van der Waals surface area contributed by atoms with Crippen LogP contribution in [0.1, 0.15) is 5.56 Å². The van der Waals surface area contributed by atoms with Gasteiger partial charge in [0.2, 0.25) is 0 Å². The smallest absolute Gasteiger partial charge is 0.140 e. The molecule has 0 spiro atoms. The van der Waals surface area contributed by atoms with E-state index in [1.165, 1.54) is 28.6 Å². The van der Waals surface area contributed by atoms with Crippen molar-refractivity contribution in [3.63, 3.8) is 0 Å². The summed E-state index contributed by atoms with van der Waals surface area (Å²) in [6.07, 6.45) is 1.97. The molecule has 0 amide bonds. The summed E-state index contributed by atoms with van der Waals surface area (Å²) in [7, 11) is 1.07. The number of rotatable bonds is 5. The molecular formula is C17H24BrN3OSi. The van der Waals surface area contributed by atoms with Crippen molar-refractivity contribution in [3.05, 3.63) is 34.4 Å². The molecule has 0 bridgehead atoms. The van der Waals surface area contributed by atoms with Gasteiger partial charge in [0.25, 0.3) is 0 Å². The van der Waals surface area contributed by atoms with E-state index in [-0.39, 0.29) is 0 Å². The highest BCUT2D eigenvalue weighted by Crippen LogP contribution is 2.42. The first kappa shape index (κ1) is 16.7. The van der Waals surface area contributed by atoms with Crippen LogP contribution in [0.5, 0.6) is 0 Å². The number of aromatic nitrogens is 2. The molecule has 2 aromatic rings. The predicted molar refractivity (Wildman–Crippen MR) is 102 cm³/mol. The largest absolute Gasteiger partial charge is 0.369 e. The zero-order valence-corrected chi connectivity index (χ0v) is 16.9. The van der Waals surface area contributed by atoms with E-state index in [1.54, 1.807) is 0 Å². The van der Waals surface area contributed by atoms with Gasteiger partial charge in [-0.2, -0.15) is 5.10 Å². The fourth-order valence-electron chi connectivity index (χ4n) is 2.91. The van der Waals surface area contributed by atoms with Gasteiger partial charge in [-0.1, -0.05) is 31.8 Å². The molecule has 0 saturated carbocycles. The minimum atomic E-state index is -1.05. The van der Waals surface area contributed by atoms with Crippen molar-refractivity contribution in [2.75, 3.05) is 18.6 Å². The summed E-state index contributed by atoms with van der Waals surface area (Å²) in [5.74, 6) is 0. The summed E-state index contributed by atoms with van der Waals surface area (Å²) in [6, 6.07) is 7.51. The maximum Gasteiger partial charge on any atom is 0.140 e. The molecule has 0 saturated heterocycles. The van der Waals surface area contributed by atoms with Crippen LogP contribution in [-0.4, -0.2) is 31.5 Å². The van der Waals surface area contributed by atoms with Crippen LogP contribution in [-0.2, 0) is 18.0 Å². The minimum absolute atomic E-state index is 0.523. The molecule has 124 valence electrons. The average Bonchev–Trinajstić information content (AvgIpc) is 2.85. The highest BCUT2D eigenvalue weighted by Gasteiger charge is 2.25. The van der Waals surface area contributed by atoms with Gasteiger partial charge in [0.15, 0.2) is 0 Å². The van der Waals surface area contributed by atoms with Gasteiger partial charge in [0.05, 0.1) is 17.6 Å². The first-order chi connectivity index (χ1) is 10.9. The van der Waals surface area contributed by atoms with Gasteiger partial charge in [-0.25, -0.2) is 4.68 Å². The highest BCUT2D eigenvalue weighted by atomic mass is 79.9. The molecule has 1 aliphatic rings. The van der Waals surface area contributed by atoms with Crippen LogP contribution >= 0.6 is 15.9 Å². The third-order valence-corrected chi connectivity index (χ3v) is 6.50. The van der Waals surface area contributed by atoms with Crippen molar-refractivity contribution in [2.45, 2.75) is 39.0 Å². The van der Waals surface area contributed by atoms with Gasteiger partial charge in [-0.15, -0.1) is 0 Å². The molecule has 6 heteroatoms. The standard InChI is InChI=1S/C17H24BrN3OSi/c1-20-11-13-10-19-21(12-22-8-9-23(2,3)4)16(13)14-6-5-7-15(18)17(14)20/h5-7,10H,8-9,11-12H2,1-4H3. The van der Waals surface area contributed by atoms with E-state index in [4.69, 9.17) is 4.74 Å². The second kappa shape index (κ2) is 6.41. The van der Waals surface area contributed by atoms with E-state index in [2.05, 4.69) is 70.8 Å². The van der Waals surface area contributed by atoms with Gasteiger partial charge >= 0.3 is 0 Å². The zero-order valence-electron chi connectivity index (χ0n) is 14.3. The summed E-state index contributed by atoms with van der Waals surface area (Å²) in [5.41, 5.74) is 4.89. The number of benzene rings is 1. The van der Waals surface area contributed by atoms with Crippen LogP contribution in [0.25, 0.3) is 11.3 Å². The lowest BCUT2D eigenvalue weighted by molar-refractivity contribution is 0.0797. The Morgan fingerprint density at radius 1 is 1.30 bits per heavy atom. The van der Waals surface area contributed by atoms with Gasteiger partial charge in [0, 0.05) is 43.9 Å². The van der Waals surface area contributed by atoms with Crippen LogP contribution in [0.3, 0.4) is 0 Å². The number of para-hydroxylation sites is 1. The van der Waals surface area contributed by atoms with E-state index < -0.39 is 8.07 Å². The zero-order chi connectivity index (χ0) is 16.6. The molecule has 1 aromatic carbocycles. The lowest BCUT2D eigenvalue weighted by Gasteiger charge is -2.29. The molecule has 0 fully saturated rings. The van der Waals surface area contributed by atoms with Gasteiger partial charge in [-0.3, -0.25) is 0 Å². The quantitative estimate of drug-likeness (QED) is 0.550. The molecule has 0 radical (unpaired) electrons. The minimum Gasteiger partial charge on any atom is -0.369 e. The number of anilines is 1. The van der Waals surface area contributed by atoms with E-state index in [9.17, 15) is 0 Å². The molecule has 2 heterocycles. The first-order valence-corrected chi connectivity index (χ1v) is 12.5. The van der Waals surface area contributed by atoms with Crippen molar-refractivity contribution in [1.82, 2.24) is 9.78 Å². The maximum absolute atomic E-state index is 5.90. The Balaban J connectivity index is 1.82. The second-order valence-corrected chi connectivity index (χ2v) is 13.8. The Morgan fingerprint density at radius 2 is 2.09 bits per heavy atom. The Morgan fingerprint density at radius 3 is 2.83 bits per heavy atom. The number of hydrogen-bond donors (Lipinski definition) is 0. The molecule has 4 nitrogen and oxygen atoms in total. The van der Waals surface area contributed by atoms with Gasteiger partial charge < -0.3 is 9.64 Å². The molecule has 1 aliphatic heterocycles. The summed E-state index contributed by atoms with van der Waals surface area (Å²) in [6.45, 7) is 9.33. The molecule has 23 heavy (non-hydrogen) atoms. The molecular weight excluding hydrogens is 370 g/mol. The van der Waals surface area contributed by atoms with Gasteiger partial charge in [-0.05, 0) is 28.0 Å². The summed E-state index contributed by atoms with van der Waals surface area (Å²) >= 11 is 3.67. The van der Waals surface area contributed by atoms with Crippen LogP contribution in [0.2, 0.25) is 25.7 Å². The number of hydrogen-bond acceptors (Lipinski definition) is 3. The topological polar surface area (TPSA) is 30.3 Å². The molecule has 0 aliphatic carbocycles. The predicted octanol–water partition coefficient (Wildman–Crippen LogP) is 4.57. The molecule has 1 aromatic heterocycles. The Hall–Kier alpha value is -1.11. The third-order valence-electron chi connectivity index (χ3n) is 4.16. The number of nitrogens with zero attached hydrogens (tertiary/aromatic N) is 3. The van der Waals surface area contributed by atoms with Crippen molar-refractivity contribution >= 4 is 29.7 Å². The Bertz CT molecular complexity index is 708. The fraction of sp³-hybridized carbons (Fsp3) is 0.471. The molecule has 0 unspecified atom stereocenters. The van der Waals surface area contributed by atoms with E-state index in [0.717, 1.165) is 17.6 Å². The first-order valence-electron chi connectivity index (χ1n) is 7.99. The number of halogens is 1. The van der Waals surface area contributed by atoms with Crippen LogP contribution in [0.4, 0.5) is 5.69 Å². The van der Waals surface area contributed by atoms with Crippen molar-refractivity contribution in [2.24, 2.45) is 0 Å². The van der Waals surface area contributed by atoms with E-state index >= 15 is 0 Å². The maximum atomic E-state index is 5.90. The van der Waals surface area contributed by atoms with E-state index in [1.807, 2.05) is 10.9 Å². The lowest BCUT2D eigenvalue weighted by Crippen LogP contribution is -2.23. The number of fused-ring (bicyclic) bond motifs is 3. The van der Waals surface area contributed by atoms with Crippen LogP contribution in [0.15, 0.2) is 28.9 Å².